The van der Waals surface area contributed by atoms with E-state index in [4.69, 9.17) is 4.74 Å². The van der Waals surface area contributed by atoms with Crippen molar-refractivity contribution in [1.29, 1.82) is 0 Å². The topological polar surface area (TPSA) is 61.9 Å². The molecule has 6 nitrogen and oxygen atoms in total. The molecular formula is C25H32FN3O3. The fourth-order valence-corrected chi connectivity index (χ4v) is 4.25. The lowest BCUT2D eigenvalue weighted by Gasteiger charge is -2.35. The van der Waals surface area contributed by atoms with Gasteiger partial charge in [0.2, 0.25) is 6.41 Å². The maximum atomic E-state index is 14.6. The highest BCUT2D eigenvalue weighted by Crippen LogP contribution is 2.23. The zero-order valence-electron chi connectivity index (χ0n) is 19.0. The molecule has 0 radical (unpaired) electrons. The Balaban J connectivity index is 1.72. The number of rotatable bonds is 10. The van der Waals surface area contributed by atoms with Crippen molar-refractivity contribution in [3.8, 4) is 0 Å². The molecule has 0 spiro atoms. The summed E-state index contributed by atoms with van der Waals surface area (Å²) in [5, 5.41) is 3.32. The van der Waals surface area contributed by atoms with Gasteiger partial charge in [0.05, 0.1) is 18.8 Å². The molecule has 172 valence electrons. The molecule has 1 aliphatic heterocycles. The van der Waals surface area contributed by atoms with E-state index in [1.807, 2.05) is 37.3 Å². The van der Waals surface area contributed by atoms with Crippen LogP contribution in [0.15, 0.2) is 36.4 Å². The minimum Gasteiger partial charge on any atom is -0.381 e. The monoisotopic (exact) mass is 441 g/mol. The van der Waals surface area contributed by atoms with Gasteiger partial charge in [-0.2, -0.15) is 0 Å². The average molecular weight is 442 g/mol. The minimum atomic E-state index is -0.255. The lowest BCUT2D eigenvalue weighted by Crippen LogP contribution is -2.44. The summed E-state index contributed by atoms with van der Waals surface area (Å²) in [6, 6.07) is 11.0. The summed E-state index contributed by atoms with van der Waals surface area (Å²) in [6.07, 6.45) is 1.74. The smallest absolute Gasteiger partial charge is 0.210 e. The van der Waals surface area contributed by atoms with Crippen LogP contribution < -0.4 is 5.32 Å². The van der Waals surface area contributed by atoms with Gasteiger partial charge < -0.3 is 19.7 Å². The molecule has 7 heteroatoms. The Bertz CT molecular complexity index is 927. The molecular weight excluding hydrogens is 409 g/mol. The number of carbonyl (C=O) groups excluding carboxylic acids is 2. The first kappa shape index (κ1) is 23.9. The Morgan fingerprint density at radius 3 is 2.62 bits per heavy atom. The van der Waals surface area contributed by atoms with E-state index < -0.39 is 0 Å². The number of hydrogen-bond donors (Lipinski definition) is 1. The van der Waals surface area contributed by atoms with Gasteiger partial charge in [-0.05, 0) is 55.7 Å². The molecule has 3 rings (SSSR count). The van der Waals surface area contributed by atoms with Crippen LogP contribution in [0.5, 0.6) is 0 Å². The van der Waals surface area contributed by atoms with E-state index in [-0.39, 0.29) is 24.6 Å². The third kappa shape index (κ3) is 6.37. The minimum absolute atomic E-state index is 0.0344. The van der Waals surface area contributed by atoms with E-state index in [1.165, 1.54) is 11.0 Å². The zero-order chi connectivity index (χ0) is 23.1. The van der Waals surface area contributed by atoms with E-state index in [9.17, 15) is 14.0 Å². The number of aryl methyl sites for hydroxylation is 1. The number of nitrogens with zero attached hydrogens (tertiary/aromatic N) is 2. The van der Waals surface area contributed by atoms with Gasteiger partial charge >= 0.3 is 0 Å². The number of carbonyl (C=O) groups is 2. The average Bonchev–Trinajstić information content (AvgIpc) is 2.74. The van der Waals surface area contributed by atoms with Crippen LogP contribution in [0.3, 0.4) is 0 Å². The second-order valence-electron chi connectivity index (χ2n) is 8.53. The van der Waals surface area contributed by atoms with Crippen molar-refractivity contribution < 1.29 is 18.7 Å². The maximum absolute atomic E-state index is 14.6. The summed E-state index contributed by atoms with van der Waals surface area (Å²) in [4.78, 5) is 25.8. The number of hydrogen-bond acceptors (Lipinski definition) is 5. The lowest BCUT2D eigenvalue weighted by atomic mass is 10.0. The first-order valence-corrected chi connectivity index (χ1v) is 11.0. The first-order valence-electron chi connectivity index (χ1n) is 11.0. The molecule has 0 bridgehead atoms. The van der Waals surface area contributed by atoms with E-state index >= 15 is 0 Å². The van der Waals surface area contributed by atoms with Gasteiger partial charge in [0, 0.05) is 44.0 Å². The standard InChI is InChI=1S/C25H32FN3O3/c1-18-5-4-6-25(23(18)16-28(17-31)9-10-30)27-12-22-11-21(7-8-24(22)26)15-29-13-19(2)32-20(3)14-29/h4-8,10-11,17,19-20,27H,9,12-16H2,1-3H3. The number of anilines is 1. The van der Waals surface area contributed by atoms with E-state index in [0.29, 0.717) is 31.3 Å². The molecule has 0 aliphatic carbocycles. The first-order chi connectivity index (χ1) is 15.4. The van der Waals surface area contributed by atoms with Crippen molar-refractivity contribution in [2.75, 3.05) is 25.0 Å². The molecule has 2 aromatic carbocycles. The number of ether oxygens (including phenoxy) is 1. The predicted octanol–water partition coefficient (Wildman–Crippen LogP) is 3.51. The van der Waals surface area contributed by atoms with Gasteiger partial charge in [-0.25, -0.2) is 4.39 Å². The molecule has 2 aromatic rings. The SMILES string of the molecule is Cc1cccc(NCc2cc(CN3CC(C)OC(C)C3)ccc2F)c1CN(C=O)CC=O. The molecule has 1 fully saturated rings. The molecule has 0 aromatic heterocycles. The van der Waals surface area contributed by atoms with Crippen molar-refractivity contribution in [1.82, 2.24) is 9.80 Å². The van der Waals surface area contributed by atoms with Crippen molar-refractivity contribution in [2.45, 2.75) is 52.6 Å². The summed E-state index contributed by atoms with van der Waals surface area (Å²) < 4.78 is 20.4. The number of amides is 1. The van der Waals surface area contributed by atoms with E-state index in [2.05, 4.69) is 24.1 Å². The predicted molar refractivity (Wildman–Crippen MR) is 123 cm³/mol. The number of aldehydes is 1. The molecule has 32 heavy (non-hydrogen) atoms. The Labute approximate surface area is 189 Å². The second-order valence-corrected chi connectivity index (χ2v) is 8.53. The molecule has 0 saturated carbocycles. The summed E-state index contributed by atoms with van der Waals surface area (Å²) in [7, 11) is 0. The number of nitrogens with one attached hydrogen (secondary N) is 1. The Morgan fingerprint density at radius 1 is 1.19 bits per heavy atom. The highest BCUT2D eigenvalue weighted by atomic mass is 19.1. The molecule has 2 atom stereocenters. The summed E-state index contributed by atoms with van der Waals surface area (Å²) >= 11 is 0. The van der Waals surface area contributed by atoms with Gasteiger partial charge in [-0.15, -0.1) is 0 Å². The Kier molecular flexibility index (Phi) is 8.36. The fraction of sp³-hybridized carbons (Fsp3) is 0.440. The van der Waals surface area contributed by atoms with Crippen LogP contribution in [-0.2, 0) is 34.0 Å². The summed E-state index contributed by atoms with van der Waals surface area (Å²) in [5.74, 6) is -0.255. The maximum Gasteiger partial charge on any atom is 0.210 e. The molecule has 2 unspecified atom stereocenters. The van der Waals surface area contributed by atoms with Crippen LogP contribution in [0.25, 0.3) is 0 Å². The van der Waals surface area contributed by atoms with Crippen LogP contribution in [-0.4, -0.2) is 54.3 Å². The Hall–Kier alpha value is -2.77. The van der Waals surface area contributed by atoms with E-state index in [0.717, 1.165) is 42.0 Å². The van der Waals surface area contributed by atoms with Gasteiger partial charge in [0.25, 0.3) is 0 Å². The highest BCUT2D eigenvalue weighted by Gasteiger charge is 2.22. The fourth-order valence-electron chi connectivity index (χ4n) is 4.25. The van der Waals surface area contributed by atoms with Crippen LogP contribution in [0.1, 0.15) is 36.1 Å². The molecule has 1 saturated heterocycles. The van der Waals surface area contributed by atoms with Crippen molar-refractivity contribution in [3.63, 3.8) is 0 Å². The molecule has 1 amide bonds. The second kappa shape index (κ2) is 11.2. The lowest BCUT2D eigenvalue weighted by molar-refractivity contribution is -0.122. The Morgan fingerprint density at radius 2 is 1.94 bits per heavy atom. The number of morpholine rings is 1. The quantitative estimate of drug-likeness (QED) is 0.572. The van der Waals surface area contributed by atoms with Crippen molar-refractivity contribution in [2.24, 2.45) is 0 Å². The normalized spacial score (nSPS) is 18.9. The van der Waals surface area contributed by atoms with Crippen LogP contribution in [0.2, 0.25) is 0 Å². The van der Waals surface area contributed by atoms with Crippen LogP contribution >= 0.6 is 0 Å². The zero-order valence-corrected chi connectivity index (χ0v) is 19.0. The third-order valence-corrected chi connectivity index (χ3v) is 5.71. The van der Waals surface area contributed by atoms with E-state index in [1.54, 1.807) is 0 Å². The van der Waals surface area contributed by atoms with Crippen LogP contribution in [0, 0.1) is 12.7 Å². The number of benzene rings is 2. The van der Waals surface area contributed by atoms with Crippen LogP contribution in [0.4, 0.5) is 10.1 Å². The molecule has 1 aliphatic rings. The highest BCUT2D eigenvalue weighted by molar-refractivity contribution is 5.61. The molecule has 1 heterocycles. The van der Waals surface area contributed by atoms with Crippen molar-refractivity contribution in [3.05, 3.63) is 64.5 Å². The van der Waals surface area contributed by atoms with Gasteiger partial charge in [-0.3, -0.25) is 9.69 Å². The third-order valence-electron chi connectivity index (χ3n) is 5.71. The summed E-state index contributed by atoms with van der Waals surface area (Å²) in [5.41, 5.74) is 4.38. The van der Waals surface area contributed by atoms with Gasteiger partial charge in [-0.1, -0.05) is 18.2 Å². The van der Waals surface area contributed by atoms with Gasteiger partial charge in [0.15, 0.2) is 0 Å². The largest absolute Gasteiger partial charge is 0.381 e. The number of halogens is 1. The van der Waals surface area contributed by atoms with Gasteiger partial charge in [0.1, 0.15) is 12.1 Å². The molecule has 1 N–H and O–H groups in total. The van der Waals surface area contributed by atoms with Crippen molar-refractivity contribution >= 4 is 18.4 Å². The summed E-state index contributed by atoms with van der Waals surface area (Å²) in [6.45, 7) is 9.23.